The highest BCUT2D eigenvalue weighted by molar-refractivity contribution is 8.00. The number of carbonyl (C=O) groups excluding carboxylic acids is 3. The highest BCUT2D eigenvalue weighted by Gasteiger charge is 2.46. The number of rotatable bonds is 5. The van der Waals surface area contributed by atoms with Crippen LogP contribution in [0.5, 0.6) is 0 Å². The smallest absolute Gasteiger partial charge is 0.468 e. The van der Waals surface area contributed by atoms with Crippen molar-refractivity contribution < 1.29 is 28.6 Å². The summed E-state index contributed by atoms with van der Waals surface area (Å²) in [6, 6.07) is 0. The van der Waals surface area contributed by atoms with Gasteiger partial charge in [-0.25, -0.2) is 4.79 Å². The molecule has 0 aliphatic rings. The minimum absolute atomic E-state index is 0.0811. The van der Waals surface area contributed by atoms with Crippen molar-refractivity contribution in [3.63, 3.8) is 0 Å². The van der Waals surface area contributed by atoms with Crippen LogP contribution in [-0.2, 0) is 23.8 Å². The Bertz CT molecular complexity index is 374. The Labute approximate surface area is 123 Å². The van der Waals surface area contributed by atoms with Gasteiger partial charge in [0.25, 0.3) is 0 Å². The van der Waals surface area contributed by atoms with Crippen LogP contribution in [0, 0.1) is 5.41 Å². The molecule has 0 bridgehead atoms. The molecule has 0 radical (unpaired) electrons. The van der Waals surface area contributed by atoms with E-state index in [2.05, 4.69) is 14.2 Å². The minimum Gasteiger partial charge on any atom is -0.468 e. The molecule has 0 rings (SSSR count). The molecule has 0 aromatic heterocycles. The Morgan fingerprint density at radius 3 is 2.00 bits per heavy atom. The van der Waals surface area contributed by atoms with Gasteiger partial charge in [0.15, 0.2) is 5.41 Å². The zero-order chi connectivity index (χ0) is 16.0. The predicted molar refractivity (Wildman–Crippen MR) is 75.4 cm³/mol. The molecule has 1 atom stereocenters. The van der Waals surface area contributed by atoms with Crippen LogP contribution in [0.2, 0.25) is 0 Å². The number of thioether (sulfide) groups is 1. The summed E-state index contributed by atoms with van der Waals surface area (Å²) in [5.74, 6) is -1.58. The fraction of sp³-hybridized carbons (Fsp3) is 0.769. The van der Waals surface area contributed by atoms with E-state index in [0.29, 0.717) is 0 Å². The highest BCUT2D eigenvalue weighted by atomic mass is 32.2. The van der Waals surface area contributed by atoms with Crippen LogP contribution >= 0.6 is 11.8 Å². The second kappa shape index (κ2) is 7.52. The number of methoxy groups -OCH3 is 1. The largest absolute Gasteiger partial charge is 0.516 e. The van der Waals surface area contributed by atoms with Gasteiger partial charge in [-0.3, -0.25) is 9.59 Å². The summed E-state index contributed by atoms with van der Waals surface area (Å²) in [6.45, 7) is 8.90. The molecule has 0 saturated carbocycles. The molecule has 7 heteroatoms. The standard InChI is InChI=1S/C13H22O6S/c1-7-18-11(16)19-10(15)13(5,9(14)17-6)8-20-12(2,3)4/h7-8H2,1-6H3/t13-/m1/s1. The fourth-order valence-electron chi connectivity index (χ4n) is 1.12. The Morgan fingerprint density at radius 1 is 1.05 bits per heavy atom. The molecule has 0 unspecified atom stereocenters. The zero-order valence-corrected chi connectivity index (χ0v) is 13.6. The summed E-state index contributed by atoms with van der Waals surface area (Å²) in [5.41, 5.74) is -1.56. The van der Waals surface area contributed by atoms with Crippen molar-refractivity contribution in [2.24, 2.45) is 5.41 Å². The lowest BCUT2D eigenvalue weighted by molar-refractivity contribution is -0.164. The molecular weight excluding hydrogens is 284 g/mol. The second-order valence-corrected chi connectivity index (χ2v) is 7.10. The summed E-state index contributed by atoms with van der Waals surface area (Å²) in [4.78, 5) is 35.1. The number of esters is 2. The molecule has 0 saturated heterocycles. The number of hydrogen-bond acceptors (Lipinski definition) is 7. The van der Waals surface area contributed by atoms with Crippen LogP contribution < -0.4 is 0 Å². The van der Waals surface area contributed by atoms with Gasteiger partial charge >= 0.3 is 18.1 Å². The molecule has 0 aromatic rings. The predicted octanol–water partition coefficient (Wildman–Crippen LogP) is 2.40. The molecule has 0 aliphatic carbocycles. The quantitative estimate of drug-likeness (QED) is 0.570. The second-order valence-electron chi connectivity index (χ2n) is 5.30. The summed E-state index contributed by atoms with van der Waals surface area (Å²) < 4.78 is 13.5. The Morgan fingerprint density at radius 2 is 1.60 bits per heavy atom. The van der Waals surface area contributed by atoms with Gasteiger partial charge in [0.05, 0.1) is 13.7 Å². The van der Waals surface area contributed by atoms with Gasteiger partial charge in [0.1, 0.15) is 0 Å². The summed E-state index contributed by atoms with van der Waals surface area (Å²) in [5, 5.41) is 0. The van der Waals surface area contributed by atoms with Crippen molar-refractivity contribution in [1.82, 2.24) is 0 Å². The normalized spacial score (nSPS) is 14.1. The first-order valence-electron chi connectivity index (χ1n) is 6.18. The van der Waals surface area contributed by atoms with Gasteiger partial charge < -0.3 is 14.2 Å². The van der Waals surface area contributed by atoms with E-state index in [0.717, 1.165) is 0 Å². The monoisotopic (exact) mass is 306 g/mol. The van der Waals surface area contributed by atoms with Crippen LogP contribution in [0.25, 0.3) is 0 Å². The van der Waals surface area contributed by atoms with Crippen molar-refractivity contribution >= 4 is 29.9 Å². The third kappa shape index (κ3) is 5.81. The van der Waals surface area contributed by atoms with Gasteiger partial charge in [-0.1, -0.05) is 20.8 Å². The van der Waals surface area contributed by atoms with Gasteiger partial charge in [-0.2, -0.15) is 11.8 Å². The maximum absolute atomic E-state index is 12.0. The first-order chi connectivity index (χ1) is 9.06. The van der Waals surface area contributed by atoms with Crippen LogP contribution in [-0.4, -0.2) is 42.3 Å². The number of hydrogen-bond donors (Lipinski definition) is 0. The van der Waals surface area contributed by atoms with Crippen LogP contribution in [0.1, 0.15) is 34.6 Å². The maximum Gasteiger partial charge on any atom is 0.516 e. The Kier molecular flexibility index (Phi) is 7.05. The molecule has 6 nitrogen and oxygen atoms in total. The lowest BCUT2D eigenvalue weighted by atomic mass is 9.94. The molecule has 20 heavy (non-hydrogen) atoms. The summed E-state index contributed by atoms with van der Waals surface area (Å²) in [6.07, 6.45) is -1.12. The molecule has 0 aliphatic heterocycles. The van der Waals surface area contributed by atoms with Gasteiger partial charge in [0.2, 0.25) is 0 Å². The van der Waals surface area contributed by atoms with Crippen molar-refractivity contribution in [1.29, 1.82) is 0 Å². The Balaban J connectivity index is 4.99. The highest BCUT2D eigenvalue weighted by Crippen LogP contribution is 2.33. The summed E-state index contributed by atoms with van der Waals surface area (Å²) >= 11 is 1.40. The van der Waals surface area contributed by atoms with E-state index in [9.17, 15) is 14.4 Å². The zero-order valence-electron chi connectivity index (χ0n) is 12.8. The first-order valence-corrected chi connectivity index (χ1v) is 7.16. The van der Waals surface area contributed by atoms with E-state index in [-0.39, 0.29) is 17.1 Å². The van der Waals surface area contributed by atoms with Crippen LogP contribution in [0.15, 0.2) is 0 Å². The average Bonchev–Trinajstić information content (AvgIpc) is 2.34. The Hall–Kier alpha value is -1.24. The van der Waals surface area contributed by atoms with E-state index in [1.807, 2.05) is 20.8 Å². The van der Waals surface area contributed by atoms with Gasteiger partial charge in [0, 0.05) is 10.5 Å². The third-order valence-corrected chi connectivity index (χ3v) is 3.91. The SMILES string of the molecule is CCOC(=O)OC(=O)[C@](C)(CSC(C)(C)C)C(=O)OC. The molecule has 0 amide bonds. The van der Waals surface area contributed by atoms with Gasteiger partial charge in [-0.15, -0.1) is 0 Å². The van der Waals surface area contributed by atoms with Crippen molar-refractivity contribution in [2.75, 3.05) is 19.5 Å². The van der Waals surface area contributed by atoms with E-state index in [4.69, 9.17) is 0 Å². The van der Waals surface area contributed by atoms with Gasteiger partial charge in [-0.05, 0) is 13.8 Å². The van der Waals surface area contributed by atoms with Crippen LogP contribution in [0.4, 0.5) is 4.79 Å². The average molecular weight is 306 g/mol. The first kappa shape index (κ1) is 18.8. The number of carbonyl (C=O) groups is 3. The topological polar surface area (TPSA) is 78.9 Å². The van der Waals surface area contributed by atoms with E-state index >= 15 is 0 Å². The van der Waals surface area contributed by atoms with E-state index in [1.165, 1.54) is 25.8 Å². The van der Waals surface area contributed by atoms with Crippen molar-refractivity contribution in [3.05, 3.63) is 0 Å². The molecule has 0 N–H and O–H groups in total. The minimum atomic E-state index is -1.56. The molecule has 0 aromatic carbocycles. The van der Waals surface area contributed by atoms with Crippen molar-refractivity contribution in [2.45, 2.75) is 39.4 Å². The molecule has 0 spiro atoms. The van der Waals surface area contributed by atoms with E-state index < -0.39 is 23.5 Å². The lowest BCUT2D eigenvalue weighted by Gasteiger charge is -2.27. The molecule has 0 fully saturated rings. The molecular formula is C13H22O6S. The lowest BCUT2D eigenvalue weighted by Crippen LogP contribution is -2.43. The molecule has 0 heterocycles. The van der Waals surface area contributed by atoms with Crippen LogP contribution in [0.3, 0.4) is 0 Å². The fourth-order valence-corrected chi connectivity index (χ4v) is 2.08. The summed E-state index contributed by atoms with van der Waals surface area (Å²) in [7, 11) is 1.18. The molecule has 116 valence electrons. The number of ether oxygens (including phenoxy) is 3. The maximum atomic E-state index is 12.0. The van der Waals surface area contributed by atoms with Crippen molar-refractivity contribution in [3.8, 4) is 0 Å². The third-order valence-electron chi connectivity index (χ3n) is 2.32. The van der Waals surface area contributed by atoms with E-state index in [1.54, 1.807) is 6.92 Å².